The van der Waals surface area contributed by atoms with E-state index in [1.54, 1.807) is 11.8 Å². The van der Waals surface area contributed by atoms with Gasteiger partial charge in [-0.05, 0) is 55.8 Å². The van der Waals surface area contributed by atoms with Crippen LogP contribution < -0.4 is 4.90 Å². The minimum absolute atomic E-state index is 0.163. The molecular formula is C24H25Cl2N3O2S. The van der Waals surface area contributed by atoms with E-state index in [1.165, 1.54) is 5.56 Å². The maximum atomic E-state index is 12.7. The lowest BCUT2D eigenvalue weighted by atomic mass is 10.1. The molecule has 0 saturated carbocycles. The molecule has 4 rings (SSSR count). The molecule has 0 radical (unpaired) electrons. The number of anilines is 1. The molecule has 0 aliphatic carbocycles. The number of nitrogens with zero attached hydrogens (tertiary/aromatic N) is 3. The first-order valence-electron chi connectivity index (χ1n) is 10.5. The molecule has 0 N–H and O–H groups in total. The van der Waals surface area contributed by atoms with Crippen molar-refractivity contribution in [1.29, 1.82) is 0 Å². The summed E-state index contributed by atoms with van der Waals surface area (Å²) in [6.45, 7) is 7.05. The highest BCUT2D eigenvalue weighted by molar-refractivity contribution is 7.99. The van der Waals surface area contributed by atoms with Gasteiger partial charge in [-0.2, -0.15) is 0 Å². The molecule has 8 heteroatoms. The minimum Gasteiger partial charge on any atom is -0.441 e. The third-order valence-corrected chi connectivity index (χ3v) is 7.01. The van der Waals surface area contributed by atoms with Gasteiger partial charge in [0.1, 0.15) is 5.76 Å². The zero-order valence-corrected chi connectivity index (χ0v) is 20.4. The van der Waals surface area contributed by atoms with Crippen LogP contribution in [0, 0.1) is 13.8 Å². The quantitative estimate of drug-likeness (QED) is 0.434. The summed E-state index contributed by atoms with van der Waals surface area (Å²) in [5.74, 6) is 2.58. The summed E-state index contributed by atoms with van der Waals surface area (Å²) in [7, 11) is 0. The van der Waals surface area contributed by atoms with Crippen molar-refractivity contribution in [1.82, 2.24) is 9.88 Å². The number of hydrogen-bond acceptors (Lipinski definition) is 5. The number of rotatable bonds is 6. The maximum absolute atomic E-state index is 12.7. The standard InChI is InChI=1S/C24H25Cl2N3O2S/c1-16-3-6-20(26)13-22(16)28-9-11-29(12-10-28)23(30)15-32-14-21-17(2)31-24(27-21)18-4-7-19(25)8-5-18/h3-8,13H,9-12,14-15H2,1-2H3. The predicted molar refractivity (Wildman–Crippen MR) is 133 cm³/mol. The molecule has 5 nitrogen and oxygen atoms in total. The van der Waals surface area contributed by atoms with E-state index in [9.17, 15) is 4.79 Å². The van der Waals surface area contributed by atoms with E-state index in [4.69, 9.17) is 27.6 Å². The van der Waals surface area contributed by atoms with Crippen molar-refractivity contribution < 1.29 is 9.21 Å². The molecule has 1 amide bonds. The molecule has 0 atom stereocenters. The zero-order chi connectivity index (χ0) is 22.7. The van der Waals surface area contributed by atoms with Crippen LogP contribution in [0.15, 0.2) is 46.9 Å². The van der Waals surface area contributed by atoms with E-state index in [0.29, 0.717) is 22.4 Å². The van der Waals surface area contributed by atoms with Gasteiger partial charge in [-0.25, -0.2) is 4.98 Å². The van der Waals surface area contributed by atoms with Crippen LogP contribution in [0.5, 0.6) is 0 Å². The first-order valence-corrected chi connectivity index (χ1v) is 12.4. The Balaban J connectivity index is 1.27. The average molecular weight is 490 g/mol. The number of carbonyl (C=O) groups is 1. The summed E-state index contributed by atoms with van der Waals surface area (Å²) < 4.78 is 5.81. The fourth-order valence-electron chi connectivity index (χ4n) is 3.72. The highest BCUT2D eigenvalue weighted by atomic mass is 35.5. The molecule has 32 heavy (non-hydrogen) atoms. The normalized spacial score (nSPS) is 14.1. The molecule has 1 aliphatic heterocycles. The Hall–Kier alpha value is -2.15. The molecule has 1 fully saturated rings. The number of piperazine rings is 1. The van der Waals surface area contributed by atoms with Crippen LogP contribution in [0.2, 0.25) is 10.0 Å². The first-order chi connectivity index (χ1) is 15.4. The lowest BCUT2D eigenvalue weighted by molar-refractivity contribution is -0.128. The lowest BCUT2D eigenvalue weighted by Gasteiger charge is -2.37. The fourth-order valence-corrected chi connectivity index (χ4v) is 4.94. The van der Waals surface area contributed by atoms with Gasteiger partial charge in [-0.1, -0.05) is 29.3 Å². The molecule has 168 valence electrons. The summed E-state index contributed by atoms with van der Waals surface area (Å²) in [6.07, 6.45) is 0. The molecule has 2 aromatic carbocycles. The predicted octanol–water partition coefficient (Wildman–Crippen LogP) is 5.85. The van der Waals surface area contributed by atoms with Crippen LogP contribution >= 0.6 is 35.0 Å². The van der Waals surface area contributed by atoms with Gasteiger partial charge in [-0.15, -0.1) is 11.8 Å². The number of thioether (sulfide) groups is 1. The van der Waals surface area contributed by atoms with Crippen LogP contribution in [0.25, 0.3) is 11.5 Å². The molecule has 0 bridgehead atoms. The van der Waals surface area contributed by atoms with Crippen LogP contribution in [0.4, 0.5) is 5.69 Å². The van der Waals surface area contributed by atoms with E-state index < -0.39 is 0 Å². The van der Waals surface area contributed by atoms with E-state index in [0.717, 1.165) is 53.9 Å². The lowest BCUT2D eigenvalue weighted by Crippen LogP contribution is -2.49. The third-order valence-electron chi connectivity index (χ3n) is 5.59. The second kappa shape index (κ2) is 10.2. The summed E-state index contributed by atoms with van der Waals surface area (Å²) in [5.41, 5.74) is 4.11. The van der Waals surface area contributed by atoms with Gasteiger partial charge in [-0.3, -0.25) is 4.79 Å². The number of amides is 1. The van der Waals surface area contributed by atoms with Crippen LogP contribution in [-0.4, -0.2) is 47.7 Å². The topological polar surface area (TPSA) is 49.6 Å². The van der Waals surface area contributed by atoms with Crippen LogP contribution in [0.3, 0.4) is 0 Å². The molecule has 2 heterocycles. The second-order valence-electron chi connectivity index (χ2n) is 7.82. The molecule has 3 aromatic rings. The van der Waals surface area contributed by atoms with Gasteiger partial charge in [0.25, 0.3) is 0 Å². The largest absolute Gasteiger partial charge is 0.441 e. The second-order valence-corrected chi connectivity index (χ2v) is 9.68. The number of halogens is 2. The molecule has 1 aliphatic rings. The van der Waals surface area contributed by atoms with Gasteiger partial charge in [0.2, 0.25) is 11.8 Å². The number of benzene rings is 2. The van der Waals surface area contributed by atoms with Gasteiger partial charge < -0.3 is 14.2 Å². The zero-order valence-electron chi connectivity index (χ0n) is 18.1. The fraction of sp³-hybridized carbons (Fsp3) is 0.333. The van der Waals surface area contributed by atoms with Crippen molar-refractivity contribution in [2.45, 2.75) is 19.6 Å². The molecule has 1 aromatic heterocycles. The van der Waals surface area contributed by atoms with Gasteiger partial charge >= 0.3 is 0 Å². The van der Waals surface area contributed by atoms with Crippen molar-refractivity contribution in [3.8, 4) is 11.5 Å². The van der Waals surface area contributed by atoms with Crippen molar-refractivity contribution in [3.05, 3.63) is 69.5 Å². The SMILES string of the molecule is Cc1ccc(Cl)cc1N1CCN(C(=O)CSCc2nc(-c3ccc(Cl)cc3)oc2C)CC1. The van der Waals surface area contributed by atoms with Crippen molar-refractivity contribution in [2.75, 3.05) is 36.8 Å². The van der Waals surface area contributed by atoms with Gasteiger partial charge in [0, 0.05) is 53.2 Å². The Labute approximate surface area is 202 Å². The van der Waals surface area contributed by atoms with E-state index >= 15 is 0 Å². The Bertz CT molecular complexity index is 1090. The third kappa shape index (κ3) is 5.42. The van der Waals surface area contributed by atoms with Gasteiger partial charge in [0.15, 0.2) is 0 Å². The Morgan fingerprint density at radius 1 is 1.03 bits per heavy atom. The monoisotopic (exact) mass is 489 g/mol. The number of carbonyl (C=O) groups excluding carboxylic acids is 1. The van der Waals surface area contributed by atoms with Crippen LogP contribution in [0.1, 0.15) is 17.0 Å². The molecule has 0 spiro atoms. The van der Waals surface area contributed by atoms with Crippen molar-refractivity contribution in [2.24, 2.45) is 0 Å². The summed E-state index contributed by atoms with van der Waals surface area (Å²) in [6, 6.07) is 13.4. The molecule has 0 unspecified atom stereocenters. The Kier molecular flexibility index (Phi) is 7.33. The van der Waals surface area contributed by atoms with Crippen molar-refractivity contribution >= 4 is 46.6 Å². The maximum Gasteiger partial charge on any atom is 0.232 e. The Morgan fingerprint density at radius 2 is 1.72 bits per heavy atom. The highest BCUT2D eigenvalue weighted by Crippen LogP contribution is 2.27. The minimum atomic E-state index is 0.163. The number of aromatic nitrogens is 1. The summed E-state index contributed by atoms with van der Waals surface area (Å²) in [4.78, 5) is 21.6. The van der Waals surface area contributed by atoms with Gasteiger partial charge in [0.05, 0.1) is 11.4 Å². The van der Waals surface area contributed by atoms with Crippen molar-refractivity contribution in [3.63, 3.8) is 0 Å². The van der Waals surface area contributed by atoms with Crippen LogP contribution in [-0.2, 0) is 10.5 Å². The smallest absolute Gasteiger partial charge is 0.232 e. The first kappa shape index (κ1) is 23.0. The van der Waals surface area contributed by atoms with E-state index in [1.807, 2.05) is 54.3 Å². The molecule has 1 saturated heterocycles. The summed E-state index contributed by atoms with van der Waals surface area (Å²) >= 11 is 13.7. The summed E-state index contributed by atoms with van der Waals surface area (Å²) in [5, 5.41) is 1.41. The number of oxazole rings is 1. The number of aryl methyl sites for hydroxylation is 2. The highest BCUT2D eigenvalue weighted by Gasteiger charge is 2.22. The Morgan fingerprint density at radius 3 is 2.44 bits per heavy atom. The van der Waals surface area contributed by atoms with E-state index in [-0.39, 0.29) is 5.91 Å². The average Bonchev–Trinajstić information content (AvgIpc) is 3.16. The number of hydrogen-bond donors (Lipinski definition) is 0. The molecular weight excluding hydrogens is 465 g/mol. The van der Waals surface area contributed by atoms with E-state index in [2.05, 4.69) is 16.8 Å².